The Kier molecular flexibility index (Phi) is 4.52. The summed E-state index contributed by atoms with van der Waals surface area (Å²) in [6.45, 7) is 5.77. The van der Waals surface area contributed by atoms with Gasteiger partial charge in [-0.1, -0.05) is 12.1 Å². The summed E-state index contributed by atoms with van der Waals surface area (Å²) in [6.07, 6.45) is 0.968. The Bertz CT molecular complexity index is 380. The van der Waals surface area contributed by atoms with Gasteiger partial charge in [0.25, 0.3) is 0 Å². The summed E-state index contributed by atoms with van der Waals surface area (Å²) in [5, 5.41) is 8.72. The minimum atomic E-state index is -0.149. The molecule has 100 valence electrons. The van der Waals surface area contributed by atoms with Crippen LogP contribution in [0.4, 0.5) is 10.1 Å². The van der Waals surface area contributed by atoms with Crippen LogP contribution in [0.1, 0.15) is 12.0 Å². The molecule has 0 aliphatic carbocycles. The first-order valence-electron chi connectivity index (χ1n) is 6.31. The highest BCUT2D eigenvalue weighted by atomic mass is 19.1. The molecule has 0 unspecified atom stereocenters. The van der Waals surface area contributed by atoms with Gasteiger partial charge in [-0.15, -0.1) is 0 Å². The molecular weight excluding hydrogens is 233 g/mol. The van der Waals surface area contributed by atoms with Crippen LogP contribution in [0.3, 0.4) is 0 Å². The zero-order chi connectivity index (χ0) is 13.0. The van der Waals surface area contributed by atoms with Gasteiger partial charge < -0.3 is 10.1 Å². The average molecular weight is 253 g/mol. The Morgan fingerprint density at radius 2 is 2.11 bits per heavy atom. The molecule has 0 amide bonds. The van der Waals surface area contributed by atoms with Gasteiger partial charge in [-0.3, -0.25) is 4.90 Å². The first-order chi connectivity index (χ1) is 8.72. The molecule has 0 saturated carbocycles. The molecule has 2 N–H and O–H groups in total. The first-order valence-corrected chi connectivity index (χ1v) is 6.31. The van der Waals surface area contributed by atoms with Crippen LogP contribution in [0.2, 0.25) is 0 Å². The lowest BCUT2D eigenvalue weighted by Crippen LogP contribution is -2.36. The molecule has 1 aromatic rings. The lowest BCUT2D eigenvalue weighted by Gasteiger charge is -2.25. The molecule has 1 heterocycles. The first kappa shape index (κ1) is 13.3. The van der Waals surface area contributed by atoms with Crippen molar-refractivity contribution in [2.24, 2.45) is 0 Å². The number of halogens is 1. The number of benzene rings is 1. The summed E-state index contributed by atoms with van der Waals surface area (Å²) in [5.74, 6) is -0.149. The van der Waals surface area contributed by atoms with Crippen molar-refractivity contribution >= 4 is 5.69 Å². The molecule has 1 saturated heterocycles. The van der Waals surface area contributed by atoms with Crippen molar-refractivity contribution in [3.05, 3.63) is 29.6 Å². The second-order valence-electron chi connectivity index (χ2n) is 4.68. The molecule has 1 fully saturated rings. The van der Waals surface area contributed by atoms with Crippen molar-refractivity contribution in [1.29, 1.82) is 0 Å². The predicted molar refractivity (Wildman–Crippen MR) is 69.3 cm³/mol. The second kappa shape index (κ2) is 6.13. The van der Waals surface area contributed by atoms with Crippen molar-refractivity contribution in [3.8, 4) is 0 Å². The fraction of sp³-hybridized carbons (Fsp3) is 0.538. The highest BCUT2D eigenvalue weighted by Crippen LogP contribution is 2.24. The van der Waals surface area contributed by atoms with Gasteiger partial charge in [0.15, 0.2) is 0 Å². The normalized spacial score (nSPS) is 17.8. The third-order valence-electron chi connectivity index (χ3n) is 3.39. The lowest BCUT2D eigenvalue weighted by atomic mass is 10.1. The number of anilines is 1. The van der Waals surface area contributed by atoms with Gasteiger partial charge in [0.05, 0.1) is 12.4 Å². The van der Waals surface area contributed by atoms with E-state index in [1.165, 1.54) is 6.07 Å². The van der Waals surface area contributed by atoms with Crippen LogP contribution in [0.5, 0.6) is 0 Å². The van der Waals surface area contributed by atoms with E-state index in [4.69, 9.17) is 5.21 Å². The van der Waals surface area contributed by atoms with Crippen molar-refractivity contribution in [3.63, 3.8) is 0 Å². The minimum Gasteiger partial charge on any atom is -0.368 e. The van der Waals surface area contributed by atoms with Gasteiger partial charge in [-0.2, -0.15) is 5.48 Å². The smallest absolute Gasteiger partial charge is 0.146 e. The van der Waals surface area contributed by atoms with E-state index >= 15 is 0 Å². The fourth-order valence-corrected chi connectivity index (χ4v) is 2.48. The molecule has 1 aliphatic rings. The largest absolute Gasteiger partial charge is 0.368 e. The summed E-state index contributed by atoms with van der Waals surface area (Å²) >= 11 is 0. The SMILES string of the molecule is Cc1cccc(F)c1N1CCCN(CNO)CC1. The number of hydrogen-bond donors (Lipinski definition) is 2. The van der Waals surface area contributed by atoms with Crippen molar-refractivity contribution in [1.82, 2.24) is 10.4 Å². The van der Waals surface area contributed by atoms with E-state index in [1.807, 2.05) is 13.0 Å². The van der Waals surface area contributed by atoms with Crippen LogP contribution >= 0.6 is 0 Å². The highest BCUT2D eigenvalue weighted by molar-refractivity contribution is 5.54. The predicted octanol–water partition coefficient (Wildman–Crippen LogP) is 1.58. The summed E-state index contributed by atoms with van der Waals surface area (Å²) in [4.78, 5) is 4.22. The molecule has 1 aromatic carbocycles. The van der Waals surface area contributed by atoms with Crippen LogP contribution in [0, 0.1) is 12.7 Å². The highest BCUT2D eigenvalue weighted by Gasteiger charge is 2.18. The summed E-state index contributed by atoms with van der Waals surface area (Å²) in [6, 6.07) is 5.20. The lowest BCUT2D eigenvalue weighted by molar-refractivity contribution is 0.101. The maximum Gasteiger partial charge on any atom is 0.146 e. The van der Waals surface area contributed by atoms with E-state index in [0.717, 1.165) is 43.9 Å². The third-order valence-corrected chi connectivity index (χ3v) is 3.39. The van der Waals surface area contributed by atoms with Crippen LogP contribution < -0.4 is 10.4 Å². The number of nitrogens with zero attached hydrogens (tertiary/aromatic N) is 2. The van der Waals surface area contributed by atoms with Gasteiger partial charge in [0.1, 0.15) is 5.82 Å². The molecule has 18 heavy (non-hydrogen) atoms. The molecule has 2 rings (SSSR count). The molecule has 0 aromatic heterocycles. The zero-order valence-corrected chi connectivity index (χ0v) is 10.7. The van der Waals surface area contributed by atoms with Crippen molar-refractivity contribution in [2.45, 2.75) is 13.3 Å². The summed E-state index contributed by atoms with van der Waals surface area (Å²) in [7, 11) is 0. The quantitative estimate of drug-likeness (QED) is 0.802. The minimum absolute atomic E-state index is 0.149. The molecule has 1 aliphatic heterocycles. The molecular formula is C13H20FN3O. The second-order valence-corrected chi connectivity index (χ2v) is 4.68. The average Bonchev–Trinajstić information content (AvgIpc) is 2.56. The van der Waals surface area contributed by atoms with Crippen LogP contribution in [0.25, 0.3) is 0 Å². The number of nitrogens with one attached hydrogen (secondary N) is 1. The topological polar surface area (TPSA) is 38.7 Å². The molecule has 0 spiro atoms. The van der Waals surface area contributed by atoms with E-state index in [1.54, 1.807) is 6.07 Å². The maximum atomic E-state index is 13.9. The van der Waals surface area contributed by atoms with E-state index < -0.39 is 0 Å². The molecule has 5 heteroatoms. The Morgan fingerprint density at radius 1 is 1.28 bits per heavy atom. The number of para-hydroxylation sites is 1. The zero-order valence-electron chi connectivity index (χ0n) is 10.7. The van der Waals surface area contributed by atoms with Crippen LogP contribution in [-0.4, -0.2) is 43.0 Å². The molecule has 4 nitrogen and oxygen atoms in total. The van der Waals surface area contributed by atoms with E-state index in [9.17, 15) is 4.39 Å². The van der Waals surface area contributed by atoms with Gasteiger partial charge in [0.2, 0.25) is 0 Å². The standard InChI is InChI=1S/C13H20FN3O/c1-11-4-2-5-12(14)13(11)17-7-3-6-16(8-9-17)10-15-18/h2,4-5,15,18H,3,6-10H2,1H3. The van der Waals surface area contributed by atoms with Crippen molar-refractivity contribution in [2.75, 3.05) is 37.7 Å². The van der Waals surface area contributed by atoms with Crippen LogP contribution in [-0.2, 0) is 0 Å². The van der Waals surface area contributed by atoms with Gasteiger partial charge in [-0.05, 0) is 25.0 Å². The Hall–Kier alpha value is -1.17. The van der Waals surface area contributed by atoms with E-state index in [0.29, 0.717) is 6.67 Å². The number of aryl methyl sites for hydroxylation is 1. The van der Waals surface area contributed by atoms with E-state index in [2.05, 4.69) is 15.3 Å². The Morgan fingerprint density at radius 3 is 2.83 bits per heavy atom. The van der Waals surface area contributed by atoms with Gasteiger partial charge >= 0.3 is 0 Å². The molecule has 0 radical (unpaired) electrons. The molecule has 0 atom stereocenters. The number of hydroxylamine groups is 1. The van der Waals surface area contributed by atoms with Gasteiger partial charge in [0, 0.05) is 26.2 Å². The molecule has 0 bridgehead atoms. The third kappa shape index (κ3) is 2.98. The number of hydrogen-bond acceptors (Lipinski definition) is 4. The van der Waals surface area contributed by atoms with Gasteiger partial charge in [-0.25, -0.2) is 4.39 Å². The van der Waals surface area contributed by atoms with Crippen LogP contribution in [0.15, 0.2) is 18.2 Å². The summed E-state index contributed by atoms with van der Waals surface area (Å²) in [5.41, 5.74) is 3.87. The monoisotopic (exact) mass is 253 g/mol. The Balaban J connectivity index is 2.10. The maximum absolute atomic E-state index is 13.9. The summed E-state index contributed by atoms with van der Waals surface area (Å²) < 4.78 is 13.9. The van der Waals surface area contributed by atoms with Crippen molar-refractivity contribution < 1.29 is 9.60 Å². The van der Waals surface area contributed by atoms with E-state index in [-0.39, 0.29) is 5.82 Å². The Labute approximate surface area is 107 Å². The fourth-order valence-electron chi connectivity index (χ4n) is 2.48. The number of rotatable bonds is 3.